The number of fused-ring (bicyclic) bond motifs is 1. The van der Waals surface area contributed by atoms with E-state index in [0.29, 0.717) is 16.8 Å². The van der Waals surface area contributed by atoms with E-state index in [1.54, 1.807) is 6.20 Å². The maximum Gasteiger partial charge on any atom is 2.00 e. The molecule has 0 spiro atoms. The molecule has 0 aliphatic rings. The summed E-state index contributed by atoms with van der Waals surface area (Å²) in [6.07, 6.45) is 2.68. The zero-order chi connectivity index (χ0) is 31.4. The predicted octanol–water partition coefficient (Wildman–Crippen LogP) is 5.61. The Morgan fingerprint density at radius 3 is 1.96 bits per heavy atom. The van der Waals surface area contributed by atoms with Crippen LogP contribution in [0.3, 0.4) is 0 Å². The second kappa shape index (κ2) is 21.9. The Kier molecular flexibility index (Phi) is 20.6. The van der Waals surface area contributed by atoms with Gasteiger partial charge in [0.15, 0.2) is 0 Å². The van der Waals surface area contributed by atoms with Crippen molar-refractivity contribution in [2.45, 2.75) is 0 Å². The van der Waals surface area contributed by atoms with E-state index in [0.717, 1.165) is 58.5 Å². The van der Waals surface area contributed by atoms with Crippen LogP contribution in [-0.4, -0.2) is 58.4 Å². The van der Waals surface area contributed by atoms with Crippen LogP contribution in [0.2, 0.25) is 0 Å². The van der Waals surface area contributed by atoms with Crippen LogP contribution in [0.1, 0.15) is 5.56 Å². The fraction of sp³-hybridized carbons (Fsp3) is 0.0690. The van der Waals surface area contributed by atoms with E-state index >= 15 is 0 Å². The molecule has 4 N–H and O–H groups in total. The zero-order valence-electron chi connectivity index (χ0n) is 24.3. The predicted molar refractivity (Wildman–Crippen MR) is 169 cm³/mol. The first-order valence-electron chi connectivity index (χ1n) is 12.1. The normalized spacial score (nSPS) is 9.87. The van der Waals surface area contributed by atoms with E-state index in [9.17, 15) is 19.2 Å². The number of amides is 2. The number of rotatable bonds is 7. The van der Waals surface area contributed by atoms with Crippen LogP contribution in [0, 0.1) is 13.1 Å². The standard InChI is InChI=1S/C25H16N4O2P2.2C2H5NO2.2V.Y/c1-15-20-8-6-18(10-19(20)7-9-21(15)23-12-27-25(29-23)33-14-31)16-2-4-17(5-3-16)22-11-26-24(28-22)32-13-30;2*1-5-2(3)4;;;/h2-11,32-33H,1H2,(H,26,28)(H,27,29);2*1H3,(H2,3,4);;;/q-4;;;2*+2;/p-2. The van der Waals surface area contributed by atoms with E-state index in [1.807, 2.05) is 30.3 Å². The number of benzene rings is 3. The van der Waals surface area contributed by atoms with Gasteiger partial charge in [-0.1, -0.05) is 59.7 Å². The van der Waals surface area contributed by atoms with Crippen LogP contribution in [0.25, 0.3) is 55.9 Å². The Bertz CT molecular complexity index is 1720. The molecule has 2 unspecified atom stereocenters. The van der Waals surface area contributed by atoms with E-state index < -0.39 is 12.2 Å². The molecule has 5 rings (SSSR count). The number of carbonyl (C=O) groups is 2. The number of aromatic amines is 2. The summed E-state index contributed by atoms with van der Waals surface area (Å²) in [5, 5.41) is 2.12. The number of hydrogen-bond donors (Lipinski definition) is 2. The Hall–Kier alpha value is -2.78. The second-order valence-corrected chi connectivity index (χ2v) is 10.1. The molecule has 2 atom stereocenters. The van der Waals surface area contributed by atoms with Crippen molar-refractivity contribution in [3.05, 3.63) is 90.9 Å². The van der Waals surface area contributed by atoms with Gasteiger partial charge < -0.3 is 45.5 Å². The zero-order valence-corrected chi connectivity index (χ0v) is 31.9. The number of nitrogens with one attached hydrogen (secondary N) is 4. The molecule has 0 saturated carbocycles. The van der Waals surface area contributed by atoms with E-state index in [1.165, 1.54) is 0 Å². The Morgan fingerprint density at radius 2 is 1.39 bits per heavy atom. The van der Waals surface area contributed by atoms with Gasteiger partial charge in [-0.05, 0) is 22.3 Å². The van der Waals surface area contributed by atoms with Crippen molar-refractivity contribution in [1.29, 1.82) is 0 Å². The molecule has 5 aromatic rings. The van der Waals surface area contributed by atoms with Gasteiger partial charge in [0.25, 0.3) is 0 Å². The smallest absolute Gasteiger partial charge is 0.632 e. The van der Waals surface area contributed by atoms with Crippen LogP contribution >= 0.6 is 17.2 Å². The second-order valence-electron chi connectivity index (χ2n) is 8.26. The molecule has 231 valence electrons. The molecule has 2 aromatic heterocycles. The third-order valence-electron chi connectivity index (χ3n) is 5.74. The van der Waals surface area contributed by atoms with E-state index in [2.05, 4.69) is 78.9 Å². The molecule has 0 bridgehead atoms. The average Bonchev–Trinajstić information content (AvgIpc) is 3.68. The maximum absolute atomic E-state index is 10.6. The van der Waals surface area contributed by atoms with Gasteiger partial charge in [0.1, 0.15) is 0 Å². The fourth-order valence-electron chi connectivity index (χ4n) is 3.75. The van der Waals surface area contributed by atoms with E-state index in [4.69, 9.17) is 11.5 Å². The van der Waals surface area contributed by atoms with Crippen LogP contribution < -0.4 is 11.1 Å². The molecule has 2 amide bonds. The summed E-state index contributed by atoms with van der Waals surface area (Å²) in [7, 11) is 2.09. The van der Waals surface area contributed by atoms with Gasteiger partial charge in [-0.3, -0.25) is 9.59 Å². The molecule has 3 aromatic carbocycles. The summed E-state index contributed by atoms with van der Waals surface area (Å²) in [4.78, 5) is 54.3. The minimum absolute atomic E-state index is 0. The van der Waals surface area contributed by atoms with Crippen molar-refractivity contribution in [2.24, 2.45) is 0 Å². The Morgan fingerprint density at radius 1 is 0.848 bits per heavy atom. The summed E-state index contributed by atoms with van der Waals surface area (Å²) >= 11 is 0. The first kappa shape index (κ1) is 43.2. The van der Waals surface area contributed by atoms with Crippen molar-refractivity contribution >= 4 is 63.3 Å². The number of hydrogen-bond acceptors (Lipinski definition) is 8. The molecule has 3 radical (unpaired) electrons. The van der Waals surface area contributed by atoms with Crippen molar-refractivity contribution < 1.29 is 98.5 Å². The monoisotopic (exact) mass is 805 g/mol. The molecule has 0 aliphatic heterocycles. The van der Waals surface area contributed by atoms with Crippen LogP contribution in [0.15, 0.2) is 60.8 Å². The number of methoxy groups -OCH3 is 2. The minimum Gasteiger partial charge on any atom is -0.632 e. The van der Waals surface area contributed by atoms with Crippen LogP contribution in [-0.2, 0) is 88.9 Å². The van der Waals surface area contributed by atoms with Crippen LogP contribution in [0.4, 0.5) is 9.59 Å². The summed E-state index contributed by atoms with van der Waals surface area (Å²) in [5.74, 6) is 0. The molecule has 17 heteroatoms. The Balaban J connectivity index is 0.00000137. The van der Waals surface area contributed by atoms with Crippen LogP contribution in [0.5, 0.6) is 0 Å². The van der Waals surface area contributed by atoms with Gasteiger partial charge in [-0.2, -0.15) is 21.1 Å². The van der Waals surface area contributed by atoms with Crippen molar-refractivity contribution in [3.8, 4) is 33.6 Å². The SMILES string of the molecule is COC([NH-])=O.COC([NH-])=O.[CH2-]c1c(-c2[c-]nc(P[C-]=O)[nH]2)ccc2cc(-c3ccc(-c4cnc(P[C-]=O)[nH]4)cc3)ccc12.[V+2].[V+2].[Y]. The van der Waals surface area contributed by atoms with Crippen molar-refractivity contribution in [2.75, 3.05) is 14.2 Å². The number of H-pyrrole nitrogens is 2. The number of aromatic nitrogens is 4. The third-order valence-corrected chi connectivity index (χ3v) is 6.91. The van der Waals surface area contributed by atoms with Gasteiger partial charge in [0, 0.05) is 32.7 Å². The van der Waals surface area contributed by atoms with Gasteiger partial charge in [-0.15, -0.1) is 23.1 Å². The summed E-state index contributed by atoms with van der Waals surface area (Å²) in [6.45, 7) is 4.27. The first-order chi connectivity index (χ1) is 20.7. The molecule has 12 nitrogen and oxygen atoms in total. The third kappa shape index (κ3) is 12.4. The summed E-state index contributed by atoms with van der Waals surface area (Å²) in [6, 6.07) is 22.3. The molecule has 0 fully saturated rings. The quantitative estimate of drug-likeness (QED) is 0.157. The largest absolute Gasteiger partial charge is 2.00 e. The van der Waals surface area contributed by atoms with E-state index in [-0.39, 0.29) is 87.0 Å². The van der Waals surface area contributed by atoms with Crippen molar-refractivity contribution in [3.63, 3.8) is 0 Å². The summed E-state index contributed by atoms with van der Waals surface area (Å²) in [5.41, 5.74) is 19.7. The van der Waals surface area contributed by atoms with Gasteiger partial charge in [0.05, 0.1) is 31.7 Å². The molecule has 46 heavy (non-hydrogen) atoms. The molecular formula is C29H24N6O6P2V2Y-2. The molecule has 0 aliphatic carbocycles. The molecule has 0 saturated heterocycles. The van der Waals surface area contributed by atoms with Gasteiger partial charge in [-0.25, -0.2) is 25.6 Å². The molecular weight excluding hydrogens is 781 g/mol. The molecule has 2 heterocycles. The number of ether oxygens (including phenoxy) is 2. The minimum atomic E-state index is -0.995. The van der Waals surface area contributed by atoms with Crippen molar-refractivity contribution in [1.82, 2.24) is 19.9 Å². The maximum atomic E-state index is 10.6. The fourth-order valence-corrected chi connectivity index (χ4v) is 4.57. The summed E-state index contributed by atoms with van der Waals surface area (Å²) < 4.78 is 7.56. The first-order valence-corrected chi connectivity index (χ1v) is 14.1. The van der Waals surface area contributed by atoms with Gasteiger partial charge in [0.2, 0.25) is 12.2 Å². The van der Waals surface area contributed by atoms with Gasteiger partial charge >= 0.3 is 37.1 Å². The average molecular weight is 805 g/mol. The number of carbonyl (C=O) groups excluding carboxylic acids is 4. The Labute approximate surface area is 317 Å². The topological polar surface area (TPSA) is 192 Å². The number of nitrogens with zero attached hydrogens (tertiary/aromatic N) is 2. The number of imidazole rings is 2.